The number of ether oxygens (including phenoxy) is 1. The minimum Gasteiger partial charge on any atom is -0.444 e. The van der Waals surface area contributed by atoms with Crippen LogP contribution in [0.3, 0.4) is 0 Å². The Kier molecular flexibility index (Phi) is 6.06. The molecule has 2 rings (SSSR count). The van der Waals surface area contributed by atoms with E-state index < -0.39 is 5.60 Å². The van der Waals surface area contributed by atoms with E-state index in [9.17, 15) is 4.79 Å². The van der Waals surface area contributed by atoms with Crippen LogP contribution < -0.4 is 5.73 Å². The summed E-state index contributed by atoms with van der Waals surface area (Å²) in [6, 6.07) is 8.46. The first-order chi connectivity index (χ1) is 10.8. The normalized spacial score (nSPS) is 17.9. The van der Waals surface area contributed by atoms with Gasteiger partial charge in [0, 0.05) is 43.2 Å². The predicted molar refractivity (Wildman–Crippen MR) is 95.3 cm³/mol. The van der Waals surface area contributed by atoms with Crippen LogP contribution in [-0.4, -0.2) is 54.2 Å². The molecule has 0 radical (unpaired) electrons. The van der Waals surface area contributed by atoms with E-state index in [1.807, 2.05) is 32.9 Å². The summed E-state index contributed by atoms with van der Waals surface area (Å²) in [6.07, 6.45) is -0.231. The van der Waals surface area contributed by atoms with Crippen LogP contribution in [0.4, 0.5) is 4.79 Å². The minimum atomic E-state index is -0.453. The van der Waals surface area contributed by atoms with Crippen molar-refractivity contribution in [2.45, 2.75) is 32.4 Å². The summed E-state index contributed by atoms with van der Waals surface area (Å²) in [6.45, 7) is 9.17. The summed E-state index contributed by atoms with van der Waals surface area (Å²) in [5.74, 6) is 0. The zero-order chi connectivity index (χ0) is 17.0. The fourth-order valence-corrected chi connectivity index (χ4v) is 2.99. The van der Waals surface area contributed by atoms with Gasteiger partial charge in [-0.25, -0.2) is 4.79 Å². The predicted octanol–water partition coefficient (Wildman–Crippen LogP) is 3.00. The standard InChI is InChI=1S/C17H26BrN3O2/c1-17(2,3)23-16(22)21-10-8-20(9-11-21)15(12-19)13-4-6-14(18)7-5-13/h4-7,15H,8-12,19H2,1-3H3. The molecule has 0 aromatic heterocycles. The van der Waals surface area contributed by atoms with Gasteiger partial charge in [-0.05, 0) is 38.5 Å². The second-order valence-corrected chi connectivity index (χ2v) is 7.72. The largest absolute Gasteiger partial charge is 0.444 e. The van der Waals surface area contributed by atoms with Crippen LogP contribution in [0, 0.1) is 0 Å². The van der Waals surface area contributed by atoms with Gasteiger partial charge in [0.15, 0.2) is 0 Å². The van der Waals surface area contributed by atoms with E-state index in [1.54, 1.807) is 4.90 Å². The van der Waals surface area contributed by atoms with Crippen LogP contribution in [0.2, 0.25) is 0 Å². The molecule has 6 heteroatoms. The van der Waals surface area contributed by atoms with Crippen molar-refractivity contribution in [2.24, 2.45) is 5.73 Å². The molecule has 0 saturated carbocycles. The summed E-state index contributed by atoms with van der Waals surface area (Å²) < 4.78 is 6.50. The van der Waals surface area contributed by atoms with Crippen molar-refractivity contribution in [1.82, 2.24) is 9.80 Å². The Labute approximate surface area is 146 Å². The molecule has 1 aromatic rings. The molecule has 5 nitrogen and oxygen atoms in total. The Hall–Kier alpha value is -1.11. The molecule has 1 aliphatic rings. The van der Waals surface area contributed by atoms with Gasteiger partial charge in [0.25, 0.3) is 0 Å². The zero-order valence-electron chi connectivity index (χ0n) is 14.1. The van der Waals surface area contributed by atoms with E-state index in [0.29, 0.717) is 19.6 Å². The highest BCUT2D eigenvalue weighted by atomic mass is 79.9. The first-order valence-corrected chi connectivity index (χ1v) is 8.77. The second kappa shape index (κ2) is 7.64. The van der Waals surface area contributed by atoms with Gasteiger partial charge in [0.2, 0.25) is 0 Å². The highest BCUT2D eigenvalue weighted by molar-refractivity contribution is 9.10. The van der Waals surface area contributed by atoms with Crippen molar-refractivity contribution in [1.29, 1.82) is 0 Å². The molecule has 0 bridgehead atoms. The van der Waals surface area contributed by atoms with E-state index in [4.69, 9.17) is 10.5 Å². The van der Waals surface area contributed by atoms with E-state index in [2.05, 4.69) is 33.0 Å². The third kappa shape index (κ3) is 5.19. The number of nitrogens with two attached hydrogens (primary N) is 1. The van der Waals surface area contributed by atoms with Crippen LogP contribution in [0.1, 0.15) is 32.4 Å². The molecule has 1 unspecified atom stereocenters. The maximum atomic E-state index is 12.1. The van der Waals surface area contributed by atoms with Crippen LogP contribution in [-0.2, 0) is 4.74 Å². The lowest BCUT2D eigenvalue weighted by Gasteiger charge is -2.39. The Morgan fingerprint density at radius 3 is 2.26 bits per heavy atom. The quantitative estimate of drug-likeness (QED) is 0.871. The van der Waals surface area contributed by atoms with Gasteiger partial charge in [-0.3, -0.25) is 4.90 Å². The molecule has 1 aromatic carbocycles. The number of nitrogens with zero attached hydrogens (tertiary/aromatic N) is 2. The monoisotopic (exact) mass is 383 g/mol. The van der Waals surface area contributed by atoms with Crippen LogP contribution in [0.5, 0.6) is 0 Å². The number of carbonyl (C=O) groups is 1. The molecule has 1 atom stereocenters. The molecule has 1 heterocycles. The maximum Gasteiger partial charge on any atom is 0.410 e. The summed E-state index contributed by atoms with van der Waals surface area (Å²) in [5.41, 5.74) is 6.75. The van der Waals surface area contributed by atoms with Crippen LogP contribution in [0.15, 0.2) is 28.7 Å². The van der Waals surface area contributed by atoms with Gasteiger partial charge >= 0.3 is 6.09 Å². The van der Waals surface area contributed by atoms with E-state index in [1.165, 1.54) is 5.56 Å². The average molecular weight is 384 g/mol. The third-order valence-corrected chi connectivity index (χ3v) is 4.41. The number of piperazine rings is 1. The van der Waals surface area contributed by atoms with E-state index in [0.717, 1.165) is 17.6 Å². The van der Waals surface area contributed by atoms with Crippen LogP contribution >= 0.6 is 15.9 Å². The van der Waals surface area contributed by atoms with Crippen molar-refractivity contribution in [3.05, 3.63) is 34.3 Å². The number of hydrogen-bond donors (Lipinski definition) is 1. The summed E-state index contributed by atoms with van der Waals surface area (Å²) in [5, 5.41) is 0. The molecular weight excluding hydrogens is 358 g/mol. The van der Waals surface area contributed by atoms with Crippen molar-refractivity contribution >= 4 is 22.0 Å². The fourth-order valence-electron chi connectivity index (χ4n) is 2.72. The lowest BCUT2D eigenvalue weighted by atomic mass is 10.0. The molecule has 0 spiro atoms. The van der Waals surface area contributed by atoms with Gasteiger partial charge in [-0.1, -0.05) is 28.1 Å². The average Bonchev–Trinajstić information content (AvgIpc) is 2.49. The molecule has 1 amide bonds. The van der Waals surface area contributed by atoms with Gasteiger partial charge < -0.3 is 15.4 Å². The summed E-state index contributed by atoms with van der Waals surface area (Å²) >= 11 is 3.46. The molecular formula is C17H26BrN3O2. The number of amides is 1. The third-order valence-electron chi connectivity index (χ3n) is 3.88. The molecule has 2 N–H and O–H groups in total. The van der Waals surface area contributed by atoms with Gasteiger partial charge in [0.1, 0.15) is 5.60 Å². The topological polar surface area (TPSA) is 58.8 Å². The highest BCUT2D eigenvalue weighted by Crippen LogP contribution is 2.23. The lowest BCUT2D eigenvalue weighted by molar-refractivity contribution is 0.0106. The molecule has 1 saturated heterocycles. The number of rotatable bonds is 3. The van der Waals surface area contributed by atoms with Gasteiger partial charge in [-0.2, -0.15) is 0 Å². The first-order valence-electron chi connectivity index (χ1n) is 7.97. The highest BCUT2D eigenvalue weighted by Gasteiger charge is 2.28. The number of halogens is 1. The first kappa shape index (κ1) is 18.2. The molecule has 128 valence electrons. The molecule has 0 aliphatic carbocycles. The van der Waals surface area contributed by atoms with Crippen LogP contribution in [0.25, 0.3) is 0 Å². The fraction of sp³-hybridized carbons (Fsp3) is 0.588. The van der Waals surface area contributed by atoms with Crippen molar-refractivity contribution in [3.8, 4) is 0 Å². The van der Waals surface area contributed by atoms with Gasteiger partial charge in [-0.15, -0.1) is 0 Å². The molecule has 23 heavy (non-hydrogen) atoms. The Balaban J connectivity index is 1.94. The van der Waals surface area contributed by atoms with Gasteiger partial charge in [0.05, 0.1) is 0 Å². The smallest absolute Gasteiger partial charge is 0.410 e. The Morgan fingerprint density at radius 2 is 1.78 bits per heavy atom. The Morgan fingerprint density at radius 1 is 1.22 bits per heavy atom. The van der Waals surface area contributed by atoms with Crippen molar-refractivity contribution in [3.63, 3.8) is 0 Å². The molecule has 1 aliphatic heterocycles. The maximum absolute atomic E-state index is 12.1. The summed E-state index contributed by atoms with van der Waals surface area (Å²) in [7, 11) is 0. The number of benzene rings is 1. The Bertz CT molecular complexity index is 520. The van der Waals surface area contributed by atoms with E-state index >= 15 is 0 Å². The second-order valence-electron chi connectivity index (χ2n) is 6.81. The number of hydrogen-bond acceptors (Lipinski definition) is 4. The van der Waals surface area contributed by atoms with Crippen molar-refractivity contribution < 1.29 is 9.53 Å². The lowest BCUT2D eigenvalue weighted by Crippen LogP contribution is -2.51. The zero-order valence-corrected chi connectivity index (χ0v) is 15.7. The van der Waals surface area contributed by atoms with Crippen molar-refractivity contribution in [2.75, 3.05) is 32.7 Å². The van der Waals surface area contributed by atoms with E-state index in [-0.39, 0.29) is 12.1 Å². The minimum absolute atomic E-state index is 0.184. The molecule has 1 fully saturated rings. The SMILES string of the molecule is CC(C)(C)OC(=O)N1CCN(C(CN)c2ccc(Br)cc2)CC1. The summed E-state index contributed by atoms with van der Waals surface area (Å²) in [4.78, 5) is 16.2. The number of carbonyl (C=O) groups excluding carboxylic acids is 1.